The topological polar surface area (TPSA) is 95.6 Å². The lowest BCUT2D eigenvalue weighted by Gasteiger charge is -2.17. The van der Waals surface area contributed by atoms with Gasteiger partial charge in [-0.25, -0.2) is 0 Å². The van der Waals surface area contributed by atoms with Crippen molar-refractivity contribution in [1.29, 1.82) is 0 Å². The fraction of sp³-hybridized carbons (Fsp3) is 0.375. The van der Waals surface area contributed by atoms with E-state index in [1.165, 1.54) is 19.1 Å². The Morgan fingerprint density at radius 1 is 1.12 bits per heavy atom. The molecular weight excluding hydrogens is 369 g/mol. The molecule has 7 nitrogen and oxygen atoms in total. The molecule has 1 heterocycles. The lowest BCUT2D eigenvalue weighted by atomic mass is 10.1. The van der Waals surface area contributed by atoms with E-state index >= 15 is 0 Å². The first kappa shape index (κ1) is 19.2. The highest BCUT2D eigenvalue weighted by Crippen LogP contribution is 2.31. The van der Waals surface area contributed by atoms with E-state index in [4.69, 9.17) is 23.2 Å². The van der Waals surface area contributed by atoms with Gasteiger partial charge in [-0.05, 0) is 25.5 Å². The van der Waals surface area contributed by atoms with Gasteiger partial charge in [0, 0.05) is 6.54 Å². The third-order valence-electron chi connectivity index (χ3n) is 3.63. The summed E-state index contributed by atoms with van der Waals surface area (Å²) in [6.07, 6.45) is 0.770. The van der Waals surface area contributed by atoms with Crippen LogP contribution in [0.25, 0.3) is 0 Å². The van der Waals surface area contributed by atoms with Gasteiger partial charge < -0.3 is 10.6 Å². The Kier molecular flexibility index (Phi) is 6.02. The molecule has 0 fully saturated rings. The van der Waals surface area contributed by atoms with Crippen molar-refractivity contribution in [2.75, 3.05) is 13.1 Å². The molecule has 1 aliphatic rings. The maximum absolute atomic E-state index is 12.3. The van der Waals surface area contributed by atoms with E-state index in [0.717, 1.165) is 11.3 Å². The summed E-state index contributed by atoms with van der Waals surface area (Å²) < 4.78 is 0. The molecule has 0 saturated heterocycles. The van der Waals surface area contributed by atoms with Crippen molar-refractivity contribution in [1.82, 2.24) is 15.5 Å². The second-order valence-corrected chi connectivity index (χ2v) is 6.40. The molecule has 1 unspecified atom stereocenters. The van der Waals surface area contributed by atoms with E-state index in [1.54, 1.807) is 0 Å². The number of nitrogens with one attached hydrogen (secondary N) is 2. The Hall–Kier alpha value is -2.12. The van der Waals surface area contributed by atoms with Crippen molar-refractivity contribution in [3.05, 3.63) is 33.3 Å². The molecule has 0 saturated carbocycles. The first-order valence-electron chi connectivity index (χ1n) is 7.68. The number of hydrogen-bond acceptors (Lipinski definition) is 4. The Morgan fingerprint density at radius 3 is 2.12 bits per heavy atom. The Balaban J connectivity index is 2.04. The Bertz CT molecular complexity index is 710. The van der Waals surface area contributed by atoms with Crippen molar-refractivity contribution in [3.8, 4) is 0 Å². The zero-order valence-electron chi connectivity index (χ0n) is 13.7. The minimum Gasteiger partial charge on any atom is -0.354 e. The average Bonchev–Trinajstić information content (AvgIpc) is 2.78. The summed E-state index contributed by atoms with van der Waals surface area (Å²) in [4.78, 5) is 49.2. The van der Waals surface area contributed by atoms with Gasteiger partial charge >= 0.3 is 0 Å². The predicted molar refractivity (Wildman–Crippen MR) is 92.7 cm³/mol. The number of hydrogen-bond donors (Lipinski definition) is 2. The average molecular weight is 386 g/mol. The number of carbonyl (C=O) groups is 4. The van der Waals surface area contributed by atoms with Gasteiger partial charge in [-0.2, -0.15) is 0 Å². The summed E-state index contributed by atoms with van der Waals surface area (Å²) in [6.45, 7) is 3.43. The third kappa shape index (κ3) is 4.11. The quantitative estimate of drug-likeness (QED) is 0.727. The van der Waals surface area contributed by atoms with E-state index in [-0.39, 0.29) is 27.1 Å². The summed E-state index contributed by atoms with van der Waals surface area (Å²) in [5.74, 6) is -2.21. The van der Waals surface area contributed by atoms with Crippen molar-refractivity contribution in [3.63, 3.8) is 0 Å². The van der Waals surface area contributed by atoms with Crippen LogP contribution in [0.4, 0.5) is 0 Å². The number of amides is 4. The lowest BCUT2D eigenvalue weighted by Crippen LogP contribution is -2.48. The van der Waals surface area contributed by atoms with Crippen LogP contribution in [-0.2, 0) is 9.59 Å². The van der Waals surface area contributed by atoms with Crippen LogP contribution in [0.15, 0.2) is 12.1 Å². The highest BCUT2D eigenvalue weighted by molar-refractivity contribution is 6.43. The monoisotopic (exact) mass is 385 g/mol. The molecule has 134 valence electrons. The van der Waals surface area contributed by atoms with Crippen LogP contribution in [0.2, 0.25) is 10.0 Å². The van der Waals surface area contributed by atoms with Crippen LogP contribution in [0.5, 0.6) is 0 Å². The molecule has 1 aromatic rings. The number of imide groups is 1. The van der Waals surface area contributed by atoms with Crippen LogP contribution in [-0.4, -0.2) is 47.7 Å². The van der Waals surface area contributed by atoms with Gasteiger partial charge in [0.1, 0.15) is 12.6 Å². The van der Waals surface area contributed by atoms with Crippen LogP contribution in [0, 0.1) is 0 Å². The molecule has 0 spiro atoms. The van der Waals surface area contributed by atoms with Crippen molar-refractivity contribution in [2.45, 2.75) is 26.3 Å². The van der Waals surface area contributed by atoms with E-state index in [9.17, 15) is 19.2 Å². The van der Waals surface area contributed by atoms with Crippen LogP contribution < -0.4 is 10.6 Å². The Labute approximate surface area is 154 Å². The fourth-order valence-electron chi connectivity index (χ4n) is 2.32. The van der Waals surface area contributed by atoms with Gasteiger partial charge in [-0.15, -0.1) is 0 Å². The summed E-state index contributed by atoms with van der Waals surface area (Å²) in [7, 11) is 0. The van der Waals surface area contributed by atoms with Gasteiger partial charge in [-0.1, -0.05) is 30.1 Å². The molecule has 0 bridgehead atoms. The summed E-state index contributed by atoms with van der Waals surface area (Å²) in [5.41, 5.74) is 0.196. The zero-order chi connectivity index (χ0) is 18.7. The SMILES string of the molecule is CCCNC(=O)C(C)NC(=O)CN1C(=O)c2cc(Cl)c(Cl)cc2C1=O. The maximum Gasteiger partial charge on any atom is 0.262 e. The smallest absolute Gasteiger partial charge is 0.262 e. The van der Waals surface area contributed by atoms with Gasteiger partial charge in [0.2, 0.25) is 11.8 Å². The second kappa shape index (κ2) is 7.84. The molecule has 4 amide bonds. The van der Waals surface area contributed by atoms with Crippen molar-refractivity contribution < 1.29 is 19.2 Å². The number of benzene rings is 1. The van der Waals surface area contributed by atoms with Gasteiger partial charge in [0.15, 0.2) is 0 Å². The number of halogens is 2. The zero-order valence-corrected chi connectivity index (χ0v) is 15.2. The van der Waals surface area contributed by atoms with Crippen molar-refractivity contribution in [2.24, 2.45) is 0 Å². The Morgan fingerprint density at radius 2 is 1.64 bits per heavy atom. The number of rotatable bonds is 6. The van der Waals surface area contributed by atoms with Crippen LogP contribution in [0.1, 0.15) is 41.0 Å². The number of carbonyl (C=O) groups excluding carboxylic acids is 4. The molecule has 2 rings (SSSR count). The molecule has 1 aliphatic heterocycles. The van der Waals surface area contributed by atoms with E-state index in [2.05, 4.69) is 10.6 Å². The molecule has 0 radical (unpaired) electrons. The highest BCUT2D eigenvalue weighted by Gasteiger charge is 2.37. The highest BCUT2D eigenvalue weighted by atomic mass is 35.5. The molecular formula is C16H17Cl2N3O4. The van der Waals surface area contributed by atoms with Crippen LogP contribution in [0.3, 0.4) is 0 Å². The van der Waals surface area contributed by atoms with E-state index in [0.29, 0.717) is 6.54 Å². The number of fused-ring (bicyclic) bond motifs is 1. The molecule has 25 heavy (non-hydrogen) atoms. The molecule has 9 heteroatoms. The summed E-state index contributed by atoms with van der Waals surface area (Å²) in [5, 5.41) is 5.40. The predicted octanol–water partition coefficient (Wildman–Crippen LogP) is 1.62. The third-order valence-corrected chi connectivity index (χ3v) is 4.36. The maximum atomic E-state index is 12.3. The van der Waals surface area contributed by atoms with Gasteiger partial charge in [-0.3, -0.25) is 24.1 Å². The molecule has 1 atom stereocenters. The summed E-state index contributed by atoms with van der Waals surface area (Å²) >= 11 is 11.7. The molecule has 1 aromatic carbocycles. The largest absolute Gasteiger partial charge is 0.354 e. The first-order chi connectivity index (χ1) is 11.8. The van der Waals surface area contributed by atoms with Crippen LogP contribution >= 0.6 is 23.2 Å². The normalized spacial score (nSPS) is 14.3. The van der Waals surface area contributed by atoms with Gasteiger partial charge in [0.25, 0.3) is 11.8 Å². The molecule has 0 aromatic heterocycles. The minimum absolute atomic E-state index is 0.0981. The van der Waals surface area contributed by atoms with E-state index < -0.39 is 30.3 Å². The molecule has 2 N–H and O–H groups in total. The van der Waals surface area contributed by atoms with Crippen molar-refractivity contribution >= 4 is 46.8 Å². The lowest BCUT2D eigenvalue weighted by molar-refractivity contribution is -0.128. The van der Waals surface area contributed by atoms with Gasteiger partial charge in [0.05, 0.1) is 21.2 Å². The fourth-order valence-corrected chi connectivity index (χ4v) is 2.65. The summed E-state index contributed by atoms with van der Waals surface area (Å²) in [6, 6.07) is 1.83. The first-order valence-corrected chi connectivity index (χ1v) is 8.44. The standard InChI is InChI=1S/C16H17Cl2N3O4/c1-3-4-19-14(23)8(2)20-13(22)7-21-15(24)9-5-11(17)12(18)6-10(9)16(21)25/h5-6,8H,3-4,7H2,1-2H3,(H,19,23)(H,20,22). The minimum atomic E-state index is -0.780. The molecule has 0 aliphatic carbocycles. The van der Waals surface area contributed by atoms with E-state index in [1.807, 2.05) is 6.92 Å². The second-order valence-electron chi connectivity index (χ2n) is 5.59. The number of nitrogens with zero attached hydrogens (tertiary/aromatic N) is 1.